The van der Waals surface area contributed by atoms with Crippen molar-refractivity contribution < 1.29 is 4.74 Å². The second-order valence-electron chi connectivity index (χ2n) is 6.47. The topological polar surface area (TPSA) is 56.1 Å². The predicted molar refractivity (Wildman–Crippen MR) is 86.2 cm³/mol. The van der Waals surface area contributed by atoms with Crippen LogP contribution in [0.2, 0.25) is 0 Å². The van der Waals surface area contributed by atoms with Gasteiger partial charge in [0, 0.05) is 13.1 Å². The van der Waals surface area contributed by atoms with Gasteiger partial charge >= 0.3 is 0 Å². The van der Waals surface area contributed by atoms with Gasteiger partial charge in [-0.25, -0.2) is 4.68 Å². The third-order valence-corrected chi connectivity index (χ3v) is 4.86. The summed E-state index contributed by atoms with van der Waals surface area (Å²) in [5, 5.41) is 12.4. The van der Waals surface area contributed by atoms with Gasteiger partial charge in [0.25, 0.3) is 0 Å². The first-order valence-corrected chi connectivity index (χ1v) is 8.52. The molecular weight excluding hydrogens is 290 g/mol. The number of nitrogens with zero attached hydrogens (tertiary/aromatic N) is 5. The van der Waals surface area contributed by atoms with E-state index in [0.29, 0.717) is 12.6 Å². The summed E-state index contributed by atoms with van der Waals surface area (Å²) in [5.41, 5.74) is 2.79. The Morgan fingerprint density at radius 2 is 2.17 bits per heavy atom. The van der Waals surface area contributed by atoms with Crippen molar-refractivity contribution in [3.8, 4) is 5.75 Å². The van der Waals surface area contributed by atoms with Gasteiger partial charge < -0.3 is 4.74 Å². The van der Waals surface area contributed by atoms with Gasteiger partial charge in [0.1, 0.15) is 5.75 Å². The summed E-state index contributed by atoms with van der Waals surface area (Å²) in [6, 6.07) is 7.21. The molecule has 1 aliphatic carbocycles. The quantitative estimate of drug-likeness (QED) is 0.849. The van der Waals surface area contributed by atoms with E-state index >= 15 is 0 Å². The van der Waals surface area contributed by atoms with Crippen LogP contribution in [0.1, 0.15) is 55.7 Å². The minimum absolute atomic E-state index is 0.231. The molecule has 1 fully saturated rings. The maximum absolute atomic E-state index is 5.64. The Kier molecular flexibility index (Phi) is 3.77. The maximum atomic E-state index is 5.64. The van der Waals surface area contributed by atoms with E-state index in [-0.39, 0.29) is 6.04 Å². The van der Waals surface area contributed by atoms with Gasteiger partial charge in [0.2, 0.25) is 0 Å². The van der Waals surface area contributed by atoms with E-state index in [1.165, 1.54) is 24.0 Å². The van der Waals surface area contributed by atoms with Gasteiger partial charge in [-0.3, -0.25) is 4.90 Å². The first-order valence-electron chi connectivity index (χ1n) is 8.52. The third-order valence-electron chi connectivity index (χ3n) is 4.86. The molecule has 6 heteroatoms. The van der Waals surface area contributed by atoms with Crippen LogP contribution in [0.5, 0.6) is 5.75 Å². The first kappa shape index (κ1) is 14.6. The highest BCUT2D eigenvalue weighted by Gasteiger charge is 2.32. The van der Waals surface area contributed by atoms with Gasteiger partial charge in [0.15, 0.2) is 5.82 Å². The van der Waals surface area contributed by atoms with Crippen LogP contribution < -0.4 is 4.74 Å². The number of benzene rings is 1. The summed E-state index contributed by atoms with van der Waals surface area (Å²) in [7, 11) is 0. The molecule has 1 atom stereocenters. The molecular formula is C17H23N5O. The Labute approximate surface area is 136 Å². The maximum Gasteiger partial charge on any atom is 0.168 e. The second-order valence-corrected chi connectivity index (χ2v) is 6.47. The van der Waals surface area contributed by atoms with Gasteiger partial charge in [-0.1, -0.05) is 6.07 Å². The highest BCUT2D eigenvalue weighted by atomic mass is 16.5. The van der Waals surface area contributed by atoms with Crippen LogP contribution in [0.3, 0.4) is 0 Å². The molecule has 1 aromatic carbocycles. The van der Waals surface area contributed by atoms with Crippen LogP contribution >= 0.6 is 0 Å². The smallest absolute Gasteiger partial charge is 0.168 e. The zero-order valence-corrected chi connectivity index (χ0v) is 13.8. The molecule has 2 heterocycles. The molecule has 0 amide bonds. The number of tetrazole rings is 1. The highest BCUT2D eigenvalue weighted by molar-refractivity contribution is 5.37. The molecule has 0 saturated heterocycles. The second kappa shape index (κ2) is 5.92. The van der Waals surface area contributed by atoms with Crippen molar-refractivity contribution in [3.63, 3.8) is 0 Å². The third kappa shape index (κ3) is 2.83. The number of hydrogen-bond donors (Lipinski definition) is 0. The average Bonchev–Trinajstić information content (AvgIpc) is 3.30. The first-order chi connectivity index (χ1) is 11.3. The predicted octanol–water partition coefficient (Wildman–Crippen LogP) is 2.53. The Balaban J connectivity index is 1.54. The lowest BCUT2D eigenvalue weighted by Gasteiger charge is -2.33. The Hall–Kier alpha value is -1.95. The lowest BCUT2D eigenvalue weighted by molar-refractivity contribution is 0.179. The standard InChI is InChI=1S/C17H23N5O/c1-3-23-16-7-4-13-8-9-21(11-14(13)10-16)12(2)17-18-19-20-22(17)15-5-6-15/h4,7,10,12,15H,3,5-6,8-9,11H2,1-2H3. The SMILES string of the molecule is CCOc1ccc2c(c1)CN(C(C)c1nnnn1C1CC1)CC2. The van der Waals surface area contributed by atoms with E-state index in [2.05, 4.69) is 45.5 Å². The van der Waals surface area contributed by atoms with E-state index in [4.69, 9.17) is 4.74 Å². The minimum Gasteiger partial charge on any atom is -0.494 e. The van der Waals surface area contributed by atoms with E-state index in [0.717, 1.165) is 31.1 Å². The number of ether oxygens (including phenoxy) is 1. The van der Waals surface area contributed by atoms with Crippen molar-refractivity contribution in [2.75, 3.05) is 13.2 Å². The van der Waals surface area contributed by atoms with Gasteiger partial charge in [-0.05, 0) is 66.8 Å². The molecule has 1 aromatic heterocycles. The van der Waals surface area contributed by atoms with E-state index in [9.17, 15) is 0 Å². The Morgan fingerprint density at radius 3 is 2.96 bits per heavy atom. The number of rotatable bonds is 5. The Morgan fingerprint density at radius 1 is 1.30 bits per heavy atom. The molecule has 0 spiro atoms. The molecule has 0 bridgehead atoms. The fraction of sp³-hybridized carbons (Fsp3) is 0.588. The Bertz CT molecular complexity index is 694. The van der Waals surface area contributed by atoms with Crippen molar-refractivity contribution in [1.82, 2.24) is 25.1 Å². The summed E-state index contributed by atoms with van der Waals surface area (Å²) in [5.74, 6) is 1.96. The molecule has 2 aromatic rings. The van der Waals surface area contributed by atoms with Gasteiger partial charge in [-0.2, -0.15) is 0 Å². The summed E-state index contributed by atoms with van der Waals surface area (Å²) in [4.78, 5) is 2.46. The van der Waals surface area contributed by atoms with Gasteiger partial charge in [-0.15, -0.1) is 5.10 Å². The molecule has 1 aliphatic heterocycles. The normalized spacial score (nSPS) is 19.4. The zero-order chi connectivity index (χ0) is 15.8. The van der Waals surface area contributed by atoms with Crippen LogP contribution in [0, 0.1) is 0 Å². The lowest BCUT2D eigenvalue weighted by Crippen LogP contribution is -2.34. The number of fused-ring (bicyclic) bond motifs is 1. The number of aromatic nitrogens is 4. The van der Waals surface area contributed by atoms with Crippen molar-refractivity contribution in [1.29, 1.82) is 0 Å². The van der Waals surface area contributed by atoms with Crippen molar-refractivity contribution >= 4 is 0 Å². The summed E-state index contributed by atoms with van der Waals surface area (Å²) in [6.07, 6.45) is 3.47. The fourth-order valence-corrected chi connectivity index (χ4v) is 3.36. The largest absolute Gasteiger partial charge is 0.494 e. The molecule has 6 nitrogen and oxygen atoms in total. The fourth-order valence-electron chi connectivity index (χ4n) is 3.36. The van der Waals surface area contributed by atoms with E-state index in [1.807, 2.05) is 11.6 Å². The van der Waals surface area contributed by atoms with Crippen LogP contribution in [-0.4, -0.2) is 38.3 Å². The molecule has 0 N–H and O–H groups in total. The van der Waals surface area contributed by atoms with Crippen molar-refractivity contribution in [2.45, 2.75) is 51.7 Å². The molecule has 1 unspecified atom stereocenters. The molecule has 2 aliphatic rings. The van der Waals surface area contributed by atoms with Gasteiger partial charge in [0.05, 0.1) is 18.7 Å². The lowest BCUT2D eigenvalue weighted by atomic mass is 9.98. The van der Waals surface area contributed by atoms with Crippen LogP contribution in [0.4, 0.5) is 0 Å². The van der Waals surface area contributed by atoms with Crippen LogP contribution in [0.15, 0.2) is 18.2 Å². The zero-order valence-electron chi connectivity index (χ0n) is 13.8. The van der Waals surface area contributed by atoms with E-state index in [1.54, 1.807) is 0 Å². The number of hydrogen-bond acceptors (Lipinski definition) is 5. The summed E-state index contributed by atoms with van der Waals surface area (Å²) in [6.45, 7) is 6.90. The monoisotopic (exact) mass is 313 g/mol. The van der Waals surface area contributed by atoms with Crippen LogP contribution in [0.25, 0.3) is 0 Å². The highest BCUT2D eigenvalue weighted by Crippen LogP contribution is 2.37. The van der Waals surface area contributed by atoms with Crippen molar-refractivity contribution in [2.24, 2.45) is 0 Å². The molecule has 4 rings (SSSR count). The molecule has 0 radical (unpaired) electrons. The van der Waals surface area contributed by atoms with Crippen molar-refractivity contribution in [3.05, 3.63) is 35.2 Å². The van der Waals surface area contributed by atoms with E-state index < -0.39 is 0 Å². The average molecular weight is 313 g/mol. The summed E-state index contributed by atoms with van der Waals surface area (Å²) < 4.78 is 7.67. The summed E-state index contributed by atoms with van der Waals surface area (Å²) >= 11 is 0. The molecule has 122 valence electrons. The minimum atomic E-state index is 0.231. The molecule has 1 saturated carbocycles. The van der Waals surface area contributed by atoms with Crippen LogP contribution in [-0.2, 0) is 13.0 Å². The molecule has 23 heavy (non-hydrogen) atoms.